The van der Waals surface area contributed by atoms with Gasteiger partial charge in [-0.3, -0.25) is 9.59 Å². The largest absolute Gasteiger partial charge is 0.490 e. The maximum Gasteiger partial charge on any atom is 0.407 e. The minimum atomic E-state index is -0.568. The van der Waals surface area contributed by atoms with E-state index >= 15 is 0 Å². The Bertz CT molecular complexity index is 4190. The predicted molar refractivity (Wildman–Crippen MR) is 492 cm³/mol. The van der Waals surface area contributed by atoms with E-state index in [2.05, 4.69) is 133 Å². The van der Waals surface area contributed by atoms with Crippen LogP contribution in [0.15, 0.2) is 195 Å². The zero-order valence-electron chi connectivity index (χ0n) is 79.0. The highest BCUT2D eigenvalue weighted by atomic mass is 16.6. The van der Waals surface area contributed by atoms with E-state index in [1.54, 1.807) is 27.7 Å². The van der Waals surface area contributed by atoms with Gasteiger partial charge in [0.15, 0.2) is 0 Å². The average molecular weight is 1820 g/mol. The molecule has 2 N–H and O–H groups in total. The Hall–Kier alpha value is -12.8. The summed E-state index contributed by atoms with van der Waals surface area (Å²) in [7, 11) is 0. The molecular formula is C100H138N2O28. The molecule has 2 amide bonds. The number of carbonyl (C=O) groups is 12. The smallest absolute Gasteiger partial charge is 0.407 e. The number of carbonyl (C=O) groups excluding carboxylic acids is 12. The number of benzene rings is 4. The monoisotopic (exact) mass is 1810 g/mol. The molecule has 4 aromatic rings. The van der Waals surface area contributed by atoms with Gasteiger partial charge in [-0.1, -0.05) is 170 Å². The molecule has 0 aromatic heterocycles. The van der Waals surface area contributed by atoms with Crippen molar-refractivity contribution in [1.82, 2.24) is 10.6 Å². The van der Waals surface area contributed by atoms with Crippen LogP contribution in [0.25, 0.3) is 0 Å². The summed E-state index contributed by atoms with van der Waals surface area (Å²) in [5.74, 6) is -1.07. The van der Waals surface area contributed by atoms with Gasteiger partial charge in [-0.05, 0) is 174 Å². The number of alkyl carbamates (subject to hydrolysis) is 2. The van der Waals surface area contributed by atoms with Crippen molar-refractivity contribution in [3.05, 3.63) is 218 Å². The van der Waals surface area contributed by atoms with Crippen LogP contribution in [-0.4, -0.2) is 191 Å². The quantitative estimate of drug-likeness (QED) is 0.0179. The molecule has 0 heterocycles. The van der Waals surface area contributed by atoms with E-state index in [-0.39, 0.29) is 169 Å². The summed E-state index contributed by atoms with van der Waals surface area (Å²) in [6.45, 7) is 60.7. The zero-order chi connectivity index (χ0) is 98.0. The van der Waals surface area contributed by atoms with Crippen molar-refractivity contribution in [3.8, 4) is 23.0 Å². The van der Waals surface area contributed by atoms with Crippen molar-refractivity contribution in [2.45, 2.75) is 173 Å². The number of esters is 10. The van der Waals surface area contributed by atoms with E-state index in [0.29, 0.717) is 77.1 Å². The summed E-state index contributed by atoms with van der Waals surface area (Å²) in [6, 6.07) is 31.4. The zero-order valence-corrected chi connectivity index (χ0v) is 79.0. The van der Waals surface area contributed by atoms with Gasteiger partial charge in [0.25, 0.3) is 0 Å². The number of hydrogen-bond donors (Lipinski definition) is 2. The van der Waals surface area contributed by atoms with Crippen molar-refractivity contribution in [1.29, 1.82) is 0 Å². The molecule has 0 aliphatic rings. The second-order valence-electron chi connectivity index (χ2n) is 33.1. The van der Waals surface area contributed by atoms with Gasteiger partial charge in [0.05, 0.1) is 0 Å². The Morgan fingerprint density at radius 1 is 0.300 bits per heavy atom. The number of nitrogens with one attached hydrogen (secondary N) is 2. The standard InChI is InChI=1S/C27H32O6.C25H28O6.2C24H39NO8/c1-19(2)25(28)32-17-15-30-23-11-7-21(8-12-23)27(5,6)22-9-13-24(14-10-22)31-16-18-33-26(29)20(3)4;1-5-23(26)30-17-15-28-21-11-7-19(8-12-21)25(3,4)20-9-13-22(14-10-20)29-16-18-31-24(27)6-2;1-17(2)21(27)31-13-12-30-20(26)8-10-24(6,7)16-19(5)9-11-25-23(29)33-15-14-32-22(28)18(3)4;1-17(2)21(27)31-13-12-30-20(26)9-8-19(5)16-24(6,7)10-11-25-23(29)33-15-14-32-22(28)18(3)4/h7-14H,1,3,15-18H2,2,4-6H3;5-14H,1-2,15-18H2,3-4H3;2*19H,1,3,8-16H2,2,4-7H3,(H,25,29). The van der Waals surface area contributed by atoms with E-state index in [9.17, 15) is 57.5 Å². The van der Waals surface area contributed by atoms with Gasteiger partial charge in [0, 0.05) is 82.4 Å². The highest BCUT2D eigenvalue weighted by Gasteiger charge is 2.28. The molecule has 0 bridgehead atoms. The van der Waals surface area contributed by atoms with Gasteiger partial charge in [-0.2, -0.15) is 0 Å². The second kappa shape index (κ2) is 62.4. The molecule has 4 aromatic carbocycles. The van der Waals surface area contributed by atoms with Crippen molar-refractivity contribution < 1.29 is 133 Å². The fourth-order valence-electron chi connectivity index (χ4n) is 11.6. The summed E-state index contributed by atoms with van der Waals surface area (Å²) in [5.41, 5.74) is 5.82. The van der Waals surface area contributed by atoms with Crippen LogP contribution in [0.2, 0.25) is 0 Å². The van der Waals surface area contributed by atoms with Crippen LogP contribution in [0.4, 0.5) is 9.59 Å². The average Bonchev–Trinajstić information content (AvgIpc) is 0.808. The van der Waals surface area contributed by atoms with Crippen LogP contribution < -0.4 is 29.6 Å². The minimum absolute atomic E-state index is 0.00688. The number of amides is 2. The maximum absolute atomic E-state index is 11.9. The van der Waals surface area contributed by atoms with Crippen LogP contribution in [0, 0.1) is 22.7 Å². The number of ether oxygens (including phenoxy) is 16. The number of rotatable bonds is 56. The topological polar surface area (TPSA) is 377 Å². The summed E-state index contributed by atoms with van der Waals surface area (Å²) in [5, 5.41) is 5.35. The van der Waals surface area contributed by atoms with Crippen LogP contribution >= 0.6 is 0 Å². The normalized spacial score (nSPS) is 11.2. The van der Waals surface area contributed by atoms with Crippen molar-refractivity contribution in [2.24, 2.45) is 22.7 Å². The molecule has 0 radical (unpaired) electrons. The summed E-state index contributed by atoms with van der Waals surface area (Å²) in [6.07, 6.45) is 6.21. The van der Waals surface area contributed by atoms with Gasteiger partial charge in [0.2, 0.25) is 0 Å². The highest BCUT2D eigenvalue weighted by Crippen LogP contribution is 2.37. The Morgan fingerprint density at radius 3 is 0.808 bits per heavy atom. The molecule has 4 rings (SSSR count). The molecule has 0 saturated heterocycles. The molecule has 2 atom stereocenters. The molecule has 30 nitrogen and oxygen atoms in total. The summed E-state index contributed by atoms with van der Waals surface area (Å²) in [4.78, 5) is 137. The van der Waals surface area contributed by atoms with Gasteiger partial charge < -0.3 is 86.4 Å². The third-order valence-electron chi connectivity index (χ3n) is 19.0. The first-order chi connectivity index (χ1) is 61.1. The SMILES string of the molecule is C=C(C)C(=O)OCCOC(=O)CCC(C)(C)CC(C)CCNC(=O)OCCOC(=O)C(=C)C.C=C(C)C(=O)OCCOC(=O)CCC(C)CC(C)(C)CCNC(=O)OCCOC(=O)C(=C)C.C=C(C)C(=O)OCCOc1ccc(C(C)(C)c2ccc(OCCOC(=O)C(=C)C)cc2)cc1.C=CC(=O)OCCOc1ccc(C(C)(C)c2ccc(OCCOC(=O)C=C)cc2)cc1. The molecular weight excluding hydrogens is 1680 g/mol. The molecule has 2 unspecified atom stereocenters. The molecule has 716 valence electrons. The van der Waals surface area contributed by atoms with Crippen LogP contribution in [0.5, 0.6) is 23.0 Å². The lowest BCUT2D eigenvalue weighted by molar-refractivity contribution is -0.150. The lowest BCUT2D eigenvalue weighted by Gasteiger charge is -2.28. The first-order valence-corrected chi connectivity index (χ1v) is 42.8. The molecule has 130 heavy (non-hydrogen) atoms. The van der Waals surface area contributed by atoms with E-state index < -0.39 is 59.9 Å². The fourth-order valence-corrected chi connectivity index (χ4v) is 11.6. The third kappa shape index (κ3) is 52.5. The molecule has 0 aliphatic carbocycles. The Labute approximate surface area is 767 Å². The second-order valence-corrected chi connectivity index (χ2v) is 33.1. The van der Waals surface area contributed by atoms with Gasteiger partial charge in [-0.25, -0.2) is 47.9 Å². The van der Waals surface area contributed by atoms with Crippen LogP contribution in [0.3, 0.4) is 0 Å². The van der Waals surface area contributed by atoms with E-state index in [0.717, 1.165) is 60.1 Å². The van der Waals surface area contributed by atoms with E-state index in [1.807, 2.05) is 97.1 Å². The Balaban J connectivity index is 0.000000867. The van der Waals surface area contributed by atoms with Crippen LogP contribution in [-0.2, 0) is 116 Å². The highest BCUT2D eigenvalue weighted by molar-refractivity contribution is 5.89. The molecule has 30 heteroatoms. The summed E-state index contributed by atoms with van der Waals surface area (Å²) >= 11 is 0. The predicted octanol–water partition coefficient (Wildman–Crippen LogP) is 16.7. The first kappa shape index (κ1) is 115. The number of hydrogen-bond acceptors (Lipinski definition) is 28. The van der Waals surface area contributed by atoms with E-state index in [1.165, 1.54) is 13.8 Å². The fraction of sp³-hybridized carbons (Fsp3) is 0.480. The van der Waals surface area contributed by atoms with E-state index in [4.69, 9.17) is 75.8 Å². The van der Waals surface area contributed by atoms with Gasteiger partial charge >= 0.3 is 71.9 Å². The van der Waals surface area contributed by atoms with Gasteiger partial charge in [-0.15, -0.1) is 0 Å². The Kier molecular flexibility index (Phi) is 55.4. The maximum atomic E-state index is 11.9. The van der Waals surface area contributed by atoms with Crippen molar-refractivity contribution in [2.75, 3.05) is 119 Å². The third-order valence-corrected chi connectivity index (χ3v) is 19.0. The van der Waals surface area contributed by atoms with Crippen molar-refractivity contribution >= 4 is 71.9 Å². The Morgan fingerprint density at radius 2 is 0.531 bits per heavy atom. The molecule has 0 aliphatic heterocycles. The molecule has 0 spiro atoms. The first-order valence-electron chi connectivity index (χ1n) is 42.8. The lowest BCUT2D eigenvalue weighted by Crippen LogP contribution is -2.30. The van der Waals surface area contributed by atoms with Gasteiger partial charge in [0.1, 0.15) is 129 Å². The summed E-state index contributed by atoms with van der Waals surface area (Å²) < 4.78 is 81.8. The van der Waals surface area contributed by atoms with Crippen LogP contribution in [0.1, 0.15) is 184 Å². The molecule has 0 fully saturated rings. The minimum Gasteiger partial charge on any atom is -0.490 e. The van der Waals surface area contributed by atoms with Crippen molar-refractivity contribution in [3.63, 3.8) is 0 Å². The molecule has 0 saturated carbocycles. The lowest BCUT2D eigenvalue weighted by atomic mass is 9.78.